The van der Waals surface area contributed by atoms with Crippen molar-refractivity contribution in [2.75, 3.05) is 0 Å². The topological polar surface area (TPSA) is 91.0 Å². The van der Waals surface area contributed by atoms with Gasteiger partial charge < -0.3 is 13.3 Å². The van der Waals surface area contributed by atoms with E-state index in [1.807, 2.05) is 0 Å². The highest BCUT2D eigenvalue weighted by Crippen LogP contribution is 1.72. The Balaban J connectivity index is -0.000000173. The van der Waals surface area contributed by atoms with Crippen LogP contribution in [0.3, 0.4) is 0 Å². The number of hydrogen-bond donors (Lipinski definition) is 0. The lowest BCUT2D eigenvalue weighted by Gasteiger charge is -1.47. The van der Waals surface area contributed by atoms with Crippen molar-refractivity contribution in [1.82, 2.24) is 20.2 Å². The van der Waals surface area contributed by atoms with Gasteiger partial charge in [0, 0.05) is 0 Å². The van der Waals surface area contributed by atoms with E-state index in [9.17, 15) is 0 Å². The van der Waals surface area contributed by atoms with Gasteiger partial charge in [-0.1, -0.05) is 22.3 Å². The van der Waals surface area contributed by atoms with E-state index in [0.29, 0.717) is 0 Å². The Bertz CT molecular complexity index is 256. The molecule has 0 aliphatic heterocycles. The Morgan fingerprint density at radius 2 is 1.00 bits per heavy atom. The molecule has 0 saturated heterocycles. The first-order valence-corrected chi connectivity index (χ1v) is 3.83. The van der Waals surface area contributed by atoms with Crippen LogP contribution in [-0.4, -0.2) is 20.2 Å². The third-order valence-electron chi connectivity index (χ3n) is 0.977. The van der Waals surface area contributed by atoms with E-state index in [1.165, 1.54) is 38.1 Å². The highest BCUT2D eigenvalue weighted by Gasteiger charge is 1.61. The summed E-state index contributed by atoms with van der Waals surface area (Å²) in [5.74, 6) is 0. The SMILES string of the molecule is C.C.C.c1cocn1.c1cocn1.c1nnco1. The summed E-state index contributed by atoms with van der Waals surface area (Å²) in [7, 11) is 0. The predicted molar refractivity (Wildman–Crippen MR) is 67.5 cm³/mol. The summed E-state index contributed by atoms with van der Waals surface area (Å²) >= 11 is 0. The summed E-state index contributed by atoms with van der Waals surface area (Å²) in [5.41, 5.74) is 0. The van der Waals surface area contributed by atoms with E-state index in [1.54, 1.807) is 12.4 Å². The summed E-state index contributed by atoms with van der Waals surface area (Å²) in [4.78, 5) is 7.11. The van der Waals surface area contributed by atoms with Gasteiger partial charge in [-0.2, -0.15) is 0 Å². The van der Waals surface area contributed by atoms with E-state index in [2.05, 4.69) is 33.4 Å². The van der Waals surface area contributed by atoms with Crippen LogP contribution in [0.4, 0.5) is 0 Å². The number of rotatable bonds is 0. The average Bonchev–Trinajstić information content (AvgIpc) is 3.09. The van der Waals surface area contributed by atoms with Crippen LogP contribution in [0.1, 0.15) is 22.3 Å². The van der Waals surface area contributed by atoms with Crippen molar-refractivity contribution in [1.29, 1.82) is 0 Å². The molecular formula is C11H20N4O3. The standard InChI is InChI=1S/2C3H3NO.C2H2N2O.3CH4/c2*1-2-5-3-4-1;1-3-4-2-5-1;;;/h2*1-3H;1-2H;3*1H4. The summed E-state index contributed by atoms with van der Waals surface area (Å²) in [6, 6.07) is 0. The molecular weight excluding hydrogens is 236 g/mol. The van der Waals surface area contributed by atoms with Crippen molar-refractivity contribution in [2.45, 2.75) is 22.3 Å². The van der Waals surface area contributed by atoms with Gasteiger partial charge in [0.25, 0.3) is 0 Å². The van der Waals surface area contributed by atoms with Crippen LogP contribution >= 0.6 is 0 Å². The second kappa shape index (κ2) is 17.0. The highest BCUT2D eigenvalue weighted by molar-refractivity contribution is 4.57. The van der Waals surface area contributed by atoms with Crippen molar-refractivity contribution in [2.24, 2.45) is 0 Å². The van der Waals surface area contributed by atoms with Gasteiger partial charge in [-0.25, -0.2) is 9.97 Å². The molecule has 3 rings (SSSR count). The second-order valence-corrected chi connectivity index (χ2v) is 1.93. The number of aromatic nitrogens is 4. The van der Waals surface area contributed by atoms with Gasteiger partial charge in [-0.15, -0.1) is 10.2 Å². The Morgan fingerprint density at radius 3 is 1.11 bits per heavy atom. The van der Waals surface area contributed by atoms with E-state index >= 15 is 0 Å². The fourth-order valence-corrected chi connectivity index (χ4v) is 0.487. The fraction of sp³-hybridized carbons (Fsp3) is 0.273. The van der Waals surface area contributed by atoms with Gasteiger partial charge in [-0.05, 0) is 0 Å². The molecule has 0 N–H and O–H groups in total. The largest absolute Gasteiger partial charge is 0.452 e. The van der Waals surface area contributed by atoms with E-state index in [-0.39, 0.29) is 22.3 Å². The van der Waals surface area contributed by atoms with Crippen LogP contribution in [0, 0.1) is 0 Å². The summed E-state index contributed by atoms with van der Waals surface area (Å²) in [5, 5.41) is 6.61. The Hall–Kier alpha value is -2.44. The first kappa shape index (κ1) is 20.9. The molecule has 0 amide bonds. The molecule has 3 heterocycles. The summed E-state index contributed by atoms with van der Waals surface area (Å²) in [6.07, 6.45) is 11.5. The van der Waals surface area contributed by atoms with Crippen molar-refractivity contribution in [3.8, 4) is 0 Å². The van der Waals surface area contributed by atoms with Crippen LogP contribution < -0.4 is 0 Å². The zero-order valence-electron chi connectivity index (χ0n) is 7.63. The fourth-order valence-electron chi connectivity index (χ4n) is 0.487. The maximum Gasteiger partial charge on any atom is 0.203 e. The van der Waals surface area contributed by atoms with Crippen molar-refractivity contribution in [3.05, 3.63) is 50.5 Å². The number of oxazole rings is 2. The van der Waals surface area contributed by atoms with Crippen LogP contribution in [0.15, 0.2) is 63.7 Å². The first-order chi connectivity index (χ1) is 7.50. The molecule has 0 aliphatic carbocycles. The number of nitrogens with zero attached hydrogens (tertiary/aromatic N) is 4. The molecule has 0 aliphatic rings. The minimum atomic E-state index is 0. The molecule has 0 radical (unpaired) electrons. The normalized spacial score (nSPS) is 6.67. The molecule has 0 saturated carbocycles. The smallest absolute Gasteiger partial charge is 0.203 e. The van der Waals surface area contributed by atoms with Gasteiger partial charge in [0.05, 0.1) is 12.4 Å². The lowest BCUT2D eigenvalue weighted by atomic mass is 11.0. The number of hydrogen-bond acceptors (Lipinski definition) is 7. The maximum absolute atomic E-state index is 4.47. The predicted octanol–water partition coefficient (Wildman–Crippen LogP) is 3.33. The molecule has 0 fully saturated rings. The van der Waals surface area contributed by atoms with Gasteiger partial charge in [0.15, 0.2) is 12.8 Å². The second-order valence-electron chi connectivity index (χ2n) is 1.93. The zero-order valence-corrected chi connectivity index (χ0v) is 7.63. The Kier molecular flexibility index (Phi) is 19.7. The van der Waals surface area contributed by atoms with E-state index in [0.717, 1.165) is 0 Å². The Labute approximate surface area is 107 Å². The lowest BCUT2D eigenvalue weighted by molar-refractivity contribution is 0.553. The molecule has 0 bridgehead atoms. The molecule has 3 aromatic rings. The van der Waals surface area contributed by atoms with Crippen LogP contribution in [0.5, 0.6) is 0 Å². The van der Waals surface area contributed by atoms with Gasteiger partial charge in [-0.3, -0.25) is 0 Å². The van der Waals surface area contributed by atoms with Gasteiger partial charge >= 0.3 is 0 Å². The first-order valence-electron chi connectivity index (χ1n) is 3.83. The van der Waals surface area contributed by atoms with E-state index in [4.69, 9.17) is 0 Å². The van der Waals surface area contributed by atoms with Crippen molar-refractivity contribution < 1.29 is 13.3 Å². The molecule has 0 atom stereocenters. The Morgan fingerprint density at radius 1 is 0.556 bits per heavy atom. The minimum Gasteiger partial charge on any atom is -0.452 e. The molecule has 7 nitrogen and oxygen atoms in total. The molecule has 3 aromatic heterocycles. The van der Waals surface area contributed by atoms with Gasteiger partial charge in [0.2, 0.25) is 12.8 Å². The molecule has 0 unspecified atom stereocenters. The minimum absolute atomic E-state index is 0. The van der Waals surface area contributed by atoms with Crippen molar-refractivity contribution >= 4 is 0 Å². The quantitative estimate of drug-likeness (QED) is 0.609. The molecule has 18 heavy (non-hydrogen) atoms. The molecule has 0 aromatic carbocycles. The van der Waals surface area contributed by atoms with Gasteiger partial charge in [0.1, 0.15) is 12.5 Å². The molecule has 102 valence electrons. The third kappa shape index (κ3) is 13.6. The average molecular weight is 256 g/mol. The summed E-state index contributed by atoms with van der Waals surface area (Å²) in [6.45, 7) is 0. The van der Waals surface area contributed by atoms with Crippen molar-refractivity contribution in [3.63, 3.8) is 0 Å². The highest BCUT2D eigenvalue weighted by atomic mass is 16.3. The van der Waals surface area contributed by atoms with Crippen LogP contribution in [0.2, 0.25) is 0 Å². The summed E-state index contributed by atoms with van der Waals surface area (Å²) < 4.78 is 13.3. The van der Waals surface area contributed by atoms with Crippen LogP contribution in [0.25, 0.3) is 0 Å². The third-order valence-corrected chi connectivity index (χ3v) is 0.977. The monoisotopic (exact) mass is 256 g/mol. The molecule has 7 heteroatoms. The maximum atomic E-state index is 4.47. The van der Waals surface area contributed by atoms with Crippen LogP contribution in [-0.2, 0) is 0 Å². The molecule has 0 spiro atoms. The zero-order chi connectivity index (χ0) is 10.6. The van der Waals surface area contributed by atoms with E-state index < -0.39 is 0 Å². The lowest BCUT2D eigenvalue weighted by Crippen LogP contribution is -1.53.